The van der Waals surface area contributed by atoms with Gasteiger partial charge in [0, 0.05) is 6.20 Å². The molecule has 0 aliphatic carbocycles. The molecule has 0 unspecified atom stereocenters. The summed E-state index contributed by atoms with van der Waals surface area (Å²) in [6, 6.07) is 0. The van der Waals surface area contributed by atoms with Gasteiger partial charge in [0.25, 0.3) is 5.91 Å². The maximum atomic E-state index is 11.0. The predicted octanol–water partition coefficient (Wildman–Crippen LogP) is -1.93. The quantitative estimate of drug-likeness (QED) is 0.408. The first-order valence-corrected chi connectivity index (χ1v) is 4.51. The molecule has 0 fully saturated rings. The molecule has 2 aliphatic heterocycles. The molecule has 2 heterocycles. The van der Waals surface area contributed by atoms with Crippen molar-refractivity contribution < 1.29 is 9.90 Å². The van der Waals surface area contributed by atoms with Gasteiger partial charge in [-0.3, -0.25) is 9.80 Å². The molecule has 0 aromatic heterocycles. The summed E-state index contributed by atoms with van der Waals surface area (Å²) in [5.74, 6) is 0.0230. The number of amides is 1. The predicted molar refractivity (Wildman–Crippen MR) is 55.0 cm³/mol. The highest BCUT2D eigenvalue weighted by molar-refractivity contribution is 7.80. The molecule has 15 heavy (non-hydrogen) atoms. The second-order valence-electron chi connectivity index (χ2n) is 2.93. The third-order valence-corrected chi connectivity index (χ3v) is 2.37. The fraction of sp³-hybridized carbons (Fsp3) is 0.143. The lowest BCUT2D eigenvalue weighted by atomic mass is 10.2. The van der Waals surface area contributed by atoms with E-state index in [-0.39, 0.29) is 17.3 Å². The van der Waals surface area contributed by atoms with E-state index in [0.29, 0.717) is 5.82 Å². The van der Waals surface area contributed by atoms with E-state index in [2.05, 4.69) is 10.9 Å². The molecule has 2 rings (SSSR count). The lowest BCUT2D eigenvalue weighted by molar-refractivity contribution is -0.114. The molecule has 7 nitrogen and oxygen atoms in total. The second kappa shape index (κ2) is 3.50. The minimum atomic E-state index is -0.601. The lowest BCUT2D eigenvalue weighted by Gasteiger charge is -2.27. The molecular formula is C7H9N5O2S. The Kier molecular flexibility index (Phi) is 2.31. The number of nitrogens with zero attached hydrogens (tertiary/aromatic N) is 2. The zero-order chi connectivity index (χ0) is 11.0. The van der Waals surface area contributed by atoms with Crippen LogP contribution in [0.5, 0.6) is 0 Å². The molecule has 0 atom stereocenters. The number of aliphatic hydroxyl groups is 1. The van der Waals surface area contributed by atoms with E-state index in [0.717, 1.165) is 0 Å². The molecule has 0 aromatic rings. The van der Waals surface area contributed by atoms with E-state index in [1.54, 1.807) is 6.20 Å². The van der Waals surface area contributed by atoms with Crippen molar-refractivity contribution in [2.24, 2.45) is 5.73 Å². The minimum Gasteiger partial charge on any atom is -0.375 e. The van der Waals surface area contributed by atoms with Gasteiger partial charge < -0.3 is 16.2 Å². The Labute approximate surface area is 90.8 Å². The number of nitrogens with one attached hydrogen (secondary N) is 2. The van der Waals surface area contributed by atoms with Crippen molar-refractivity contribution in [1.29, 1.82) is 0 Å². The largest absolute Gasteiger partial charge is 0.375 e. The molecule has 80 valence electrons. The zero-order valence-electron chi connectivity index (χ0n) is 7.60. The average Bonchev–Trinajstić information content (AvgIpc) is 2.61. The summed E-state index contributed by atoms with van der Waals surface area (Å²) in [5, 5.41) is 14.6. The van der Waals surface area contributed by atoms with Crippen molar-refractivity contribution in [3.63, 3.8) is 0 Å². The number of hydrogen-bond donors (Lipinski definition) is 4. The summed E-state index contributed by atoms with van der Waals surface area (Å²) >= 11 is 5.05. The molecule has 2 aliphatic rings. The van der Waals surface area contributed by atoms with Gasteiger partial charge in [-0.25, -0.2) is 5.01 Å². The smallest absolute Gasteiger partial charge is 0.253 e. The Morgan fingerprint density at radius 2 is 2.40 bits per heavy atom. The van der Waals surface area contributed by atoms with Crippen LogP contribution in [0, 0.1) is 0 Å². The number of hydrazine groups is 2. The SMILES string of the molecule is NC(=O)C1=CNC2=CN(CO)NN2C1=S. The first-order valence-electron chi connectivity index (χ1n) is 4.10. The molecule has 0 saturated carbocycles. The summed E-state index contributed by atoms with van der Waals surface area (Å²) in [6.07, 6.45) is 3.05. The molecule has 0 spiro atoms. The van der Waals surface area contributed by atoms with Crippen LogP contribution in [0.15, 0.2) is 23.8 Å². The van der Waals surface area contributed by atoms with Crippen LogP contribution in [0.4, 0.5) is 0 Å². The topological polar surface area (TPSA) is 93.9 Å². The van der Waals surface area contributed by atoms with Crippen molar-refractivity contribution in [2.45, 2.75) is 0 Å². The summed E-state index contributed by atoms with van der Waals surface area (Å²) in [5.41, 5.74) is 8.10. The van der Waals surface area contributed by atoms with Crippen LogP contribution in [0.1, 0.15) is 0 Å². The highest BCUT2D eigenvalue weighted by Crippen LogP contribution is 2.17. The Balaban J connectivity index is 2.24. The number of fused-ring (bicyclic) bond motifs is 1. The second-order valence-corrected chi connectivity index (χ2v) is 3.32. The number of aliphatic hydroxyl groups excluding tert-OH is 1. The van der Waals surface area contributed by atoms with E-state index in [1.807, 2.05) is 0 Å². The van der Waals surface area contributed by atoms with Gasteiger partial charge in [-0.05, 0) is 0 Å². The van der Waals surface area contributed by atoms with E-state index in [4.69, 9.17) is 23.1 Å². The standard InChI is InChI=1S/C7H9N5O2S/c8-6(14)4-1-9-5-2-11(3-13)10-12(5)7(4)15/h1-2,9-10,13H,3H2,(H2,8,14). The highest BCUT2D eigenvalue weighted by Gasteiger charge is 2.30. The van der Waals surface area contributed by atoms with Crippen molar-refractivity contribution in [2.75, 3.05) is 6.73 Å². The van der Waals surface area contributed by atoms with E-state index in [9.17, 15) is 4.79 Å². The Hall–Kier alpha value is -1.64. The summed E-state index contributed by atoms with van der Waals surface area (Å²) < 4.78 is 0. The van der Waals surface area contributed by atoms with Crippen LogP contribution < -0.4 is 16.6 Å². The molecule has 8 heteroatoms. The first-order chi connectivity index (χ1) is 7.13. The van der Waals surface area contributed by atoms with Crippen LogP contribution in [0.25, 0.3) is 0 Å². The maximum Gasteiger partial charge on any atom is 0.253 e. The van der Waals surface area contributed by atoms with Gasteiger partial charge >= 0.3 is 0 Å². The van der Waals surface area contributed by atoms with Gasteiger partial charge in [0.05, 0.1) is 11.8 Å². The Bertz CT molecular complexity index is 391. The van der Waals surface area contributed by atoms with E-state index < -0.39 is 5.91 Å². The van der Waals surface area contributed by atoms with Gasteiger partial charge in [-0.1, -0.05) is 12.2 Å². The number of thiocarbonyl (C=S) groups is 1. The first kappa shape index (κ1) is 9.90. The zero-order valence-corrected chi connectivity index (χ0v) is 8.41. The normalized spacial score (nSPS) is 19.4. The molecular weight excluding hydrogens is 218 g/mol. The summed E-state index contributed by atoms with van der Waals surface area (Å²) in [4.78, 5) is 11.3. The van der Waals surface area contributed by atoms with E-state index >= 15 is 0 Å². The number of carbonyl (C=O) groups is 1. The van der Waals surface area contributed by atoms with Crippen LogP contribution in [-0.4, -0.2) is 32.8 Å². The van der Waals surface area contributed by atoms with Gasteiger partial charge in [-0.15, -0.1) is 5.53 Å². The number of nitrogens with two attached hydrogens (primary N) is 1. The van der Waals surface area contributed by atoms with E-state index in [1.165, 1.54) is 16.2 Å². The fourth-order valence-electron chi connectivity index (χ4n) is 1.25. The third-order valence-electron chi connectivity index (χ3n) is 1.96. The van der Waals surface area contributed by atoms with Crippen LogP contribution in [-0.2, 0) is 4.79 Å². The lowest BCUT2D eigenvalue weighted by Crippen LogP contribution is -2.49. The number of carbonyl (C=O) groups excluding carboxylic acids is 1. The monoisotopic (exact) mass is 227 g/mol. The van der Waals surface area contributed by atoms with Crippen molar-refractivity contribution in [1.82, 2.24) is 20.9 Å². The van der Waals surface area contributed by atoms with Crippen LogP contribution in [0.3, 0.4) is 0 Å². The molecule has 0 aromatic carbocycles. The molecule has 1 amide bonds. The number of hydrogen-bond acceptors (Lipinski definition) is 6. The maximum absolute atomic E-state index is 11.0. The Morgan fingerprint density at radius 3 is 3.00 bits per heavy atom. The summed E-state index contributed by atoms with van der Waals surface area (Å²) in [6.45, 7) is -0.212. The molecule has 5 N–H and O–H groups in total. The van der Waals surface area contributed by atoms with Gasteiger partial charge in [0.1, 0.15) is 17.5 Å². The van der Waals surface area contributed by atoms with Crippen LogP contribution in [0.2, 0.25) is 0 Å². The third kappa shape index (κ3) is 1.54. The fourth-order valence-corrected chi connectivity index (χ4v) is 1.55. The summed E-state index contributed by atoms with van der Waals surface area (Å²) in [7, 11) is 0. The number of rotatable bonds is 2. The molecule has 0 bridgehead atoms. The molecule has 0 radical (unpaired) electrons. The van der Waals surface area contributed by atoms with Crippen molar-refractivity contribution in [3.8, 4) is 0 Å². The van der Waals surface area contributed by atoms with Gasteiger partial charge in [0.15, 0.2) is 0 Å². The van der Waals surface area contributed by atoms with Gasteiger partial charge in [-0.2, -0.15) is 0 Å². The molecule has 0 saturated heterocycles. The van der Waals surface area contributed by atoms with Gasteiger partial charge in [0.2, 0.25) is 0 Å². The Morgan fingerprint density at radius 1 is 1.67 bits per heavy atom. The van der Waals surface area contributed by atoms with Crippen molar-refractivity contribution >= 4 is 23.1 Å². The minimum absolute atomic E-state index is 0.212. The van der Waals surface area contributed by atoms with Crippen LogP contribution >= 0.6 is 12.2 Å². The highest BCUT2D eigenvalue weighted by atomic mass is 32.1. The number of primary amides is 1. The average molecular weight is 227 g/mol. The van der Waals surface area contributed by atoms with Crippen molar-refractivity contribution in [3.05, 3.63) is 23.8 Å².